The molecule has 0 saturated carbocycles. The van der Waals surface area contributed by atoms with E-state index in [0.29, 0.717) is 12.8 Å². The topological polar surface area (TPSA) is 149 Å². The largest absolute Gasteiger partial charge is 0.394 e. The summed E-state index contributed by atoms with van der Waals surface area (Å²) < 4.78 is 11.1. The molecule has 7 unspecified atom stereocenters. The first kappa shape index (κ1) is 50.9. The van der Waals surface area contributed by atoms with E-state index in [2.05, 4.69) is 55.6 Å². The van der Waals surface area contributed by atoms with E-state index in [4.69, 9.17) is 9.47 Å². The molecule has 0 aliphatic carbocycles. The summed E-state index contributed by atoms with van der Waals surface area (Å²) in [4.78, 5) is 12.9. The molecule has 0 aromatic carbocycles. The lowest BCUT2D eigenvalue weighted by Gasteiger charge is -2.40. The number of ether oxygens (including phenoxy) is 2. The monoisotopic (exact) mass is 776 g/mol. The molecule has 0 radical (unpaired) electrons. The average molecular weight is 776 g/mol. The maximum Gasteiger partial charge on any atom is 0.220 e. The van der Waals surface area contributed by atoms with E-state index >= 15 is 0 Å². The highest BCUT2D eigenvalue weighted by Gasteiger charge is 2.44. The van der Waals surface area contributed by atoms with Crippen molar-refractivity contribution in [3.8, 4) is 0 Å². The van der Waals surface area contributed by atoms with Crippen molar-refractivity contribution in [3.05, 3.63) is 60.8 Å². The van der Waals surface area contributed by atoms with Crippen LogP contribution in [0.5, 0.6) is 0 Å². The third-order valence-electron chi connectivity index (χ3n) is 10.1. The van der Waals surface area contributed by atoms with Gasteiger partial charge < -0.3 is 40.3 Å². The Labute approximate surface area is 335 Å². The number of hydrogen-bond acceptors (Lipinski definition) is 8. The summed E-state index contributed by atoms with van der Waals surface area (Å²) in [6, 6.07) is -0.858. The van der Waals surface area contributed by atoms with Crippen molar-refractivity contribution in [2.24, 2.45) is 0 Å². The number of allylic oxidation sites excluding steroid dienone is 9. The zero-order valence-corrected chi connectivity index (χ0v) is 34.7. The number of carbonyl (C=O) groups is 1. The van der Waals surface area contributed by atoms with E-state index in [0.717, 1.165) is 38.5 Å². The van der Waals surface area contributed by atoms with E-state index < -0.39 is 49.5 Å². The molecule has 1 aliphatic rings. The first-order chi connectivity index (χ1) is 26.8. The molecule has 1 aliphatic heterocycles. The zero-order valence-electron chi connectivity index (χ0n) is 34.7. The second-order valence-corrected chi connectivity index (χ2v) is 15.1. The number of carbonyl (C=O) groups excluding carboxylic acids is 1. The summed E-state index contributed by atoms with van der Waals surface area (Å²) >= 11 is 0. The fourth-order valence-corrected chi connectivity index (χ4v) is 6.47. The highest BCUT2D eigenvalue weighted by Crippen LogP contribution is 2.22. The number of hydrogen-bond donors (Lipinski definition) is 6. The number of rotatable bonds is 35. The molecule has 0 aromatic heterocycles. The molecule has 1 heterocycles. The molecule has 1 amide bonds. The fraction of sp³-hybridized carbons (Fsp3) is 0.761. The van der Waals surface area contributed by atoms with Gasteiger partial charge in [0.05, 0.1) is 25.4 Å². The van der Waals surface area contributed by atoms with Crippen molar-refractivity contribution >= 4 is 5.91 Å². The first-order valence-corrected chi connectivity index (χ1v) is 22.0. The number of aliphatic hydroxyl groups excluding tert-OH is 5. The molecule has 0 aromatic rings. The van der Waals surface area contributed by atoms with Crippen molar-refractivity contribution in [3.63, 3.8) is 0 Å². The van der Waals surface area contributed by atoms with E-state index in [9.17, 15) is 30.3 Å². The average Bonchev–Trinajstić information content (AvgIpc) is 3.18. The standard InChI is InChI=1S/C46H81NO8/c1-3-5-7-9-11-13-15-17-18-19-20-21-22-24-25-27-29-31-33-35-40(49)39(38-54-46-45(53)44(52)43(51)41(37-48)55-46)47-42(50)36-34-32-30-28-26-23-16-14-12-10-8-6-4-2/h20-21,23,25-27,30,32-33,35,39-41,43-46,48-49,51-53H,3-19,22,24,28-29,31,34,36-38H2,1-2H3,(H,47,50)/b21-20+,26-23-,27-25+,32-30-,35-33+. The van der Waals surface area contributed by atoms with Gasteiger partial charge in [0.2, 0.25) is 5.91 Å². The molecule has 1 fully saturated rings. The second-order valence-electron chi connectivity index (χ2n) is 15.1. The number of nitrogens with one attached hydrogen (secondary N) is 1. The van der Waals surface area contributed by atoms with Gasteiger partial charge in [0, 0.05) is 6.42 Å². The zero-order chi connectivity index (χ0) is 40.2. The third-order valence-corrected chi connectivity index (χ3v) is 10.1. The van der Waals surface area contributed by atoms with Crippen LogP contribution < -0.4 is 5.32 Å². The van der Waals surface area contributed by atoms with Gasteiger partial charge in [0.1, 0.15) is 24.4 Å². The SMILES string of the molecule is CCCCCCCC/C=C\C/C=C\CCC(=O)NC(COC1OC(CO)C(O)C(O)C1O)C(O)/C=C/CC/C=C/CC/C=C/CCCCCCCCCCC. The third kappa shape index (κ3) is 27.2. The Balaban J connectivity index is 2.46. The molecule has 1 rings (SSSR count). The summed E-state index contributed by atoms with van der Waals surface area (Å²) in [6.45, 7) is 3.68. The number of aliphatic hydroxyl groups is 5. The molecule has 7 atom stereocenters. The smallest absolute Gasteiger partial charge is 0.220 e. The van der Waals surface area contributed by atoms with Crippen LogP contribution in [0.15, 0.2) is 60.8 Å². The van der Waals surface area contributed by atoms with Gasteiger partial charge in [0.25, 0.3) is 0 Å². The van der Waals surface area contributed by atoms with Crippen LogP contribution in [0, 0.1) is 0 Å². The summed E-state index contributed by atoms with van der Waals surface area (Å²) in [5, 5.41) is 54.0. The minimum atomic E-state index is -1.58. The molecule has 9 nitrogen and oxygen atoms in total. The highest BCUT2D eigenvalue weighted by molar-refractivity contribution is 5.76. The van der Waals surface area contributed by atoms with Crippen LogP contribution in [-0.4, -0.2) is 87.5 Å². The summed E-state index contributed by atoms with van der Waals surface area (Å²) in [6.07, 6.45) is 39.9. The Morgan fingerprint density at radius 3 is 1.64 bits per heavy atom. The van der Waals surface area contributed by atoms with Crippen molar-refractivity contribution in [1.82, 2.24) is 5.32 Å². The first-order valence-electron chi connectivity index (χ1n) is 22.0. The minimum Gasteiger partial charge on any atom is -0.394 e. The Kier molecular flexibility index (Phi) is 33.5. The Bertz CT molecular complexity index is 1040. The van der Waals surface area contributed by atoms with Crippen LogP contribution in [0.3, 0.4) is 0 Å². The molecule has 6 N–H and O–H groups in total. The van der Waals surface area contributed by atoms with Gasteiger partial charge >= 0.3 is 0 Å². The predicted molar refractivity (Wildman–Crippen MR) is 226 cm³/mol. The van der Waals surface area contributed by atoms with Gasteiger partial charge in [-0.1, -0.05) is 158 Å². The van der Waals surface area contributed by atoms with E-state index in [1.165, 1.54) is 96.3 Å². The van der Waals surface area contributed by atoms with Crippen LogP contribution in [0.1, 0.15) is 168 Å². The number of unbranched alkanes of at least 4 members (excludes halogenated alkanes) is 17. The molecular formula is C46H81NO8. The maximum absolute atomic E-state index is 12.9. The van der Waals surface area contributed by atoms with Crippen LogP contribution in [0.2, 0.25) is 0 Å². The van der Waals surface area contributed by atoms with Gasteiger partial charge in [-0.25, -0.2) is 0 Å². The Hall–Kier alpha value is -2.11. The van der Waals surface area contributed by atoms with E-state index in [1.54, 1.807) is 6.08 Å². The Morgan fingerprint density at radius 1 is 0.618 bits per heavy atom. The van der Waals surface area contributed by atoms with Gasteiger partial charge in [-0.3, -0.25) is 4.79 Å². The molecule has 0 spiro atoms. The van der Waals surface area contributed by atoms with Crippen molar-refractivity contribution in [1.29, 1.82) is 0 Å². The molecule has 1 saturated heterocycles. The molecule has 9 heteroatoms. The summed E-state index contributed by atoms with van der Waals surface area (Å²) in [5.41, 5.74) is 0. The minimum absolute atomic E-state index is 0.226. The van der Waals surface area contributed by atoms with Gasteiger partial charge in [0.15, 0.2) is 6.29 Å². The van der Waals surface area contributed by atoms with Crippen molar-refractivity contribution in [2.75, 3.05) is 13.2 Å². The van der Waals surface area contributed by atoms with Crippen molar-refractivity contribution in [2.45, 2.75) is 211 Å². The van der Waals surface area contributed by atoms with E-state index in [-0.39, 0.29) is 18.9 Å². The predicted octanol–water partition coefficient (Wildman–Crippen LogP) is 8.83. The van der Waals surface area contributed by atoms with Crippen LogP contribution in [0.4, 0.5) is 0 Å². The van der Waals surface area contributed by atoms with Crippen molar-refractivity contribution < 1.29 is 39.8 Å². The lowest BCUT2D eigenvalue weighted by Crippen LogP contribution is -2.60. The second kappa shape index (κ2) is 36.2. The van der Waals surface area contributed by atoms with Gasteiger partial charge in [-0.15, -0.1) is 0 Å². The van der Waals surface area contributed by atoms with E-state index in [1.807, 2.05) is 18.2 Å². The lowest BCUT2D eigenvalue weighted by atomic mass is 9.99. The number of amides is 1. The lowest BCUT2D eigenvalue weighted by molar-refractivity contribution is -0.302. The molecule has 0 bridgehead atoms. The Morgan fingerprint density at radius 2 is 1.09 bits per heavy atom. The van der Waals surface area contributed by atoms with Crippen LogP contribution >= 0.6 is 0 Å². The maximum atomic E-state index is 12.9. The fourth-order valence-electron chi connectivity index (χ4n) is 6.47. The molecule has 318 valence electrons. The van der Waals surface area contributed by atoms with Gasteiger partial charge in [-0.05, 0) is 64.2 Å². The quantitative estimate of drug-likeness (QED) is 0.0277. The normalized spacial score (nSPS) is 21.9. The molecular weight excluding hydrogens is 695 g/mol. The summed E-state index contributed by atoms with van der Waals surface area (Å²) in [5.74, 6) is -0.261. The summed E-state index contributed by atoms with van der Waals surface area (Å²) in [7, 11) is 0. The molecule has 55 heavy (non-hydrogen) atoms. The highest BCUT2D eigenvalue weighted by atomic mass is 16.7. The van der Waals surface area contributed by atoms with Crippen LogP contribution in [-0.2, 0) is 14.3 Å². The van der Waals surface area contributed by atoms with Crippen LogP contribution in [0.25, 0.3) is 0 Å². The van der Waals surface area contributed by atoms with Gasteiger partial charge in [-0.2, -0.15) is 0 Å².